The van der Waals surface area contributed by atoms with E-state index in [1.165, 1.54) is 15.9 Å². The Balaban J connectivity index is 0.000000221. The molecule has 0 aliphatic carbocycles. The van der Waals surface area contributed by atoms with Gasteiger partial charge >= 0.3 is 0 Å². The molecule has 4 rings (SSSR count). The molecule has 4 aromatic carbocycles. The second-order valence-corrected chi connectivity index (χ2v) is 8.87. The SMILES string of the molecule is Clc1ccc(Cl)cc1.c1ccc(P(c2ccccc2)c2ccccc2)cc1. The lowest BCUT2D eigenvalue weighted by Gasteiger charge is -2.18. The zero-order chi connectivity index (χ0) is 18.9. The molecule has 0 aliphatic rings. The minimum atomic E-state index is -0.446. The number of hydrogen-bond acceptors (Lipinski definition) is 0. The molecular formula is C24H19Cl2P. The van der Waals surface area contributed by atoms with Crippen molar-refractivity contribution in [2.45, 2.75) is 0 Å². The molecule has 0 radical (unpaired) electrons. The van der Waals surface area contributed by atoms with Crippen LogP contribution in [0.4, 0.5) is 0 Å². The maximum absolute atomic E-state index is 5.55. The predicted octanol–water partition coefficient (Wildman–Crippen LogP) is 6.44. The Morgan fingerprint density at radius 2 is 0.630 bits per heavy atom. The minimum absolute atomic E-state index is 0.446. The van der Waals surface area contributed by atoms with Gasteiger partial charge < -0.3 is 0 Å². The van der Waals surface area contributed by atoms with Gasteiger partial charge in [0.15, 0.2) is 0 Å². The van der Waals surface area contributed by atoms with Crippen LogP contribution in [0.1, 0.15) is 0 Å². The lowest BCUT2D eigenvalue weighted by Crippen LogP contribution is -2.20. The zero-order valence-electron chi connectivity index (χ0n) is 14.7. The highest BCUT2D eigenvalue weighted by Gasteiger charge is 2.14. The molecule has 0 saturated carbocycles. The Hall–Kier alpha value is -2.11. The first-order valence-electron chi connectivity index (χ1n) is 8.60. The molecule has 0 nitrogen and oxygen atoms in total. The van der Waals surface area contributed by atoms with Gasteiger partial charge in [0.25, 0.3) is 0 Å². The van der Waals surface area contributed by atoms with E-state index in [1.807, 2.05) is 0 Å². The smallest absolute Gasteiger partial charge is 0.0407 e. The standard InChI is InChI=1S/C18H15P.C6H4Cl2/c1-4-10-16(11-5-1)19(17-12-6-2-7-13-17)18-14-8-3-9-15-18;7-5-1-2-6(8)4-3-5/h1-15H;1-4H. The second-order valence-electron chi connectivity index (χ2n) is 5.78. The molecule has 0 aliphatic heterocycles. The van der Waals surface area contributed by atoms with Gasteiger partial charge in [-0.05, 0) is 48.1 Å². The summed E-state index contributed by atoms with van der Waals surface area (Å²) in [6.07, 6.45) is 0. The fourth-order valence-corrected chi connectivity index (χ4v) is 5.17. The van der Waals surface area contributed by atoms with Gasteiger partial charge in [0, 0.05) is 10.0 Å². The number of halogens is 2. The van der Waals surface area contributed by atoms with Crippen molar-refractivity contribution in [2.75, 3.05) is 0 Å². The quantitative estimate of drug-likeness (QED) is 0.342. The maximum Gasteiger partial charge on any atom is 0.0407 e. The van der Waals surface area contributed by atoms with Crippen LogP contribution in [0.15, 0.2) is 115 Å². The third-order valence-corrected chi connectivity index (χ3v) is 6.79. The van der Waals surface area contributed by atoms with E-state index in [4.69, 9.17) is 23.2 Å². The predicted molar refractivity (Wildman–Crippen MR) is 122 cm³/mol. The van der Waals surface area contributed by atoms with Crippen LogP contribution in [0.2, 0.25) is 10.0 Å². The lowest BCUT2D eigenvalue weighted by molar-refractivity contribution is 1.71. The van der Waals surface area contributed by atoms with Crippen molar-refractivity contribution in [2.24, 2.45) is 0 Å². The molecule has 0 N–H and O–H groups in total. The van der Waals surface area contributed by atoms with Crippen LogP contribution in [-0.2, 0) is 0 Å². The van der Waals surface area contributed by atoms with Crippen LogP contribution in [-0.4, -0.2) is 0 Å². The van der Waals surface area contributed by atoms with Gasteiger partial charge in [0.1, 0.15) is 0 Å². The summed E-state index contributed by atoms with van der Waals surface area (Å²) in [5.74, 6) is 0. The molecular weight excluding hydrogens is 390 g/mol. The van der Waals surface area contributed by atoms with E-state index in [0.29, 0.717) is 0 Å². The van der Waals surface area contributed by atoms with E-state index >= 15 is 0 Å². The summed E-state index contributed by atoms with van der Waals surface area (Å²) in [5.41, 5.74) is 0. The van der Waals surface area contributed by atoms with Gasteiger partial charge in [-0.15, -0.1) is 0 Å². The van der Waals surface area contributed by atoms with Crippen LogP contribution in [0, 0.1) is 0 Å². The summed E-state index contributed by atoms with van der Waals surface area (Å²) in [6.45, 7) is 0. The lowest BCUT2D eigenvalue weighted by atomic mass is 10.4. The number of rotatable bonds is 3. The molecule has 4 aromatic rings. The molecule has 0 atom stereocenters. The summed E-state index contributed by atoms with van der Waals surface area (Å²) in [4.78, 5) is 0. The Labute approximate surface area is 172 Å². The molecule has 27 heavy (non-hydrogen) atoms. The molecule has 0 heterocycles. The summed E-state index contributed by atoms with van der Waals surface area (Å²) in [5, 5.41) is 5.63. The van der Waals surface area contributed by atoms with Crippen LogP contribution >= 0.6 is 31.1 Å². The molecule has 134 valence electrons. The summed E-state index contributed by atoms with van der Waals surface area (Å²) in [6, 6.07) is 39.3. The van der Waals surface area contributed by atoms with E-state index in [2.05, 4.69) is 91.0 Å². The average molecular weight is 409 g/mol. The zero-order valence-corrected chi connectivity index (χ0v) is 17.1. The topological polar surface area (TPSA) is 0 Å². The van der Waals surface area contributed by atoms with Crippen LogP contribution in [0.25, 0.3) is 0 Å². The van der Waals surface area contributed by atoms with Crippen molar-refractivity contribution in [1.29, 1.82) is 0 Å². The first kappa shape index (κ1) is 19.6. The van der Waals surface area contributed by atoms with Gasteiger partial charge in [-0.25, -0.2) is 0 Å². The van der Waals surface area contributed by atoms with Crippen molar-refractivity contribution in [3.8, 4) is 0 Å². The fraction of sp³-hybridized carbons (Fsp3) is 0. The van der Waals surface area contributed by atoms with Crippen molar-refractivity contribution in [3.05, 3.63) is 125 Å². The Morgan fingerprint density at radius 3 is 0.889 bits per heavy atom. The normalized spacial score (nSPS) is 10.2. The average Bonchev–Trinajstić information content (AvgIpc) is 2.73. The highest BCUT2D eigenvalue weighted by molar-refractivity contribution is 7.79. The third kappa shape index (κ3) is 5.94. The van der Waals surface area contributed by atoms with Gasteiger partial charge in [-0.3, -0.25) is 0 Å². The van der Waals surface area contributed by atoms with E-state index < -0.39 is 7.92 Å². The summed E-state index contributed by atoms with van der Waals surface area (Å²) < 4.78 is 0. The van der Waals surface area contributed by atoms with Crippen molar-refractivity contribution >= 4 is 47.0 Å². The van der Waals surface area contributed by atoms with E-state index in [0.717, 1.165) is 10.0 Å². The highest BCUT2D eigenvalue weighted by atomic mass is 35.5. The molecule has 0 bridgehead atoms. The number of benzene rings is 4. The third-order valence-electron chi connectivity index (χ3n) is 3.85. The first-order valence-corrected chi connectivity index (χ1v) is 10.7. The van der Waals surface area contributed by atoms with Gasteiger partial charge in [0.2, 0.25) is 0 Å². The van der Waals surface area contributed by atoms with E-state index in [1.54, 1.807) is 24.3 Å². The van der Waals surface area contributed by atoms with Crippen molar-refractivity contribution in [3.63, 3.8) is 0 Å². The number of hydrogen-bond donors (Lipinski definition) is 0. The van der Waals surface area contributed by atoms with Gasteiger partial charge in [0.05, 0.1) is 0 Å². The first-order chi connectivity index (χ1) is 13.2. The summed E-state index contributed by atoms with van der Waals surface area (Å²) in [7, 11) is -0.446. The van der Waals surface area contributed by atoms with Crippen LogP contribution in [0.5, 0.6) is 0 Å². The maximum atomic E-state index is 5.55. The van der Waals surface area contributed by atoms with Crippen LogP contribution in [0.3, 0.4) is 0 Å². The minimum Gasteiger partial charge on any atom is -0.0843 e. The highest BCUT2D eigenvalue weighted by Crippen LogP contribution is 2.32. The van der Waals surface area contributed by atoms with E-state index in [9.17, 15) is 0 Å². The Morgan fingerprint density at radius 1 is 0.370 bits per heavy atom. The van der Waals surface area contributed by atoms with E-state index in [-0.39, 0.29) is 0 Å². The summed E-state index contributed by atoms with van der Waals surface area (Å²) >= 11 is 11.1. The van der Waals surface area contributed by atoms with Gasteiger partial charge in [-0.1, -0.05) is 114 Å². The van der Waals surface area contributed by atoms with Crippen LogP contribution < -0.4 is 15.9 Å². The fourth-order valence-electron chi connectivity index (χ4n) is 2.61. The molecule has 0 saturated heterocycles. The largest absolute Gasteiger partial charge is 0.0843 e. The Kier molecular flexibility index (Phi) is 7.48. The van der Waals surface area contributed by atoms with Crippen molar-refractivity contribution in [1.82, 2.24) is 0 Å². The monoisotopic (exact) mass is 408 g/mol. The Bertz CT molecular complexity index is 809. The van der Waals surface area contributed by atoms with Crippen molar-refractivity contribution < 1.29 is 0 Å². The van der Waals surface area contributed by atoms with Gasteiger partial charge in [-0.2, -0.15) is 0 Å². The molecule has 3 heteroatoms. The molecule has 0 aromatic heterocycles. The molecule has 0 unspecified atom stereocenters. The second kappa shape index (κ2) is 10.3. The molecule has 0 fully saturated rings. The molecule has 0 amide bonds. The molecule has 0 spiro atoms.